The SMILES string of the molecule is COc1ccc(COc2ccc3c(c2)c(Nc2nc(SC)ncc2C(=O)O)nn3-c2ccccn2)cc1. The Labute approximate surface area is 216 Å². The highest BCUT2D eigenvalue weighted by molar-refractivity contribution is 7.98. The molecular weight excluding hydrogens is 492 g/mol. The van der Waals surface area contributed by atoms with Crippen LogP contribution in [-0.4, -0.2) is 49.2 Å². The van der Waals surface area contributed by atoms with Crippen molar-refractivity contribution < 1.29 is 19.4 Å². The average Bonchev–Trinajstić information content (AvgIpc) is 3.30. The molecule has 0 saturated heterocycles. The van der Waals surface area contributed by atoms with Gasteiger partial charge in [-0.2, -0.15) is 0 Å². The van der Waals surface area contributed by atoms with Crippen LogP contribution in [0.2, 0.25) is 0 Å². The maximum Gasteiger partial charge on any atom is 0.341 e. The van der Waals surface area contributed by atoms with E-state index in [1.165, 1.54) is 18.0 Å². The molecule has 186 valence electrons. The molecule has 0 fully saturated rings. The number of nitrogens with zero attached hydrogens (tertiary/aromatic N) is 5. The van der Waals surface area contributed by atoms with Crippen molar-refractivity contribution in [2.24, 2.45) is 0 Å². The molecule has 3 heterocycles. The summed E-state index contributed by atoms with van der Waals surface area (Å²) in [4.78, 5) is 24.7. The normalized spacial score (nSPS) is 10.9. The fraction of sp³-hybridized carbons (Fsp3) is 0.115. The number of fused-ring (bicyclic) bond motifs is 1. The van der Waals surface area contributed by atoms with Crippen LogP contribution in [0.15, 0.2) is 78.2 Å². The van der Waals surface area contributed by atoms with Crippen molar-refractivity contribution >= 4 is 40.3 Å². The third kappa shape index (κ3) is 5.16. The van der Waals surface area contributed by atoms with Crippen molar-refractivity contribution in [3.05, 3.63) is 84.2 Å². The predicted octanol–water partition coefficient (Wildman–Crippen LogP) is 4.96. The minimum Gasteiger partial charge on any atom is -0.497 e. The summed E-state index contributed by atoms with van der Waals surface area (Å²) in [6.07, 6.45) is 4.78. The van der Waals surface area contributed by atoms with E-state index in [0.29, 0.717) is 34.5 Å². The summed E-state index contributed by atoms with van der Waals surface area (Å²) in [6.45, 7) is 0.360. The zero-order valence-electron chi connectivity index (χ0n) is 20.0. The topological polar surface area (TPSA) is 124 Å². The molecule has 5 aromatic rings. The number of thioether (sulfide) groups is 1. The van der Waals surface area contributed by atoms with Crippen LogP contribution >= 0.6 is 11.8 Å². The molecule has 0 unspecified atom stereocenters. The predicted molar refractivity (Wildman–Crippen MR) is 140 cm³/mol. The van der Waals surface area contributed by atoms with Crippen LogP contribution in [0, 0.1) is 0 Å². The number of hydrogen-bond acceptors (Lipinski definition) is 9. The molecule has 0 aliphatic heterocycles. The highest BCUT2D eigenvalue weighted by atomic mass is 32.2. The van der Waals surface area contributed by atoms with E-state index in [2.05, 4.69) is 20.3 Å². The number of carboxylic acid groups (broad SMARTS) is 1. The number of carbonyl (C=O) groups is 1. The van der Waals surface area contributed by atoms with Crippen molar-refractivity contribution in [2.45, 2.75) is 11.8 Å². The number of rotatable bonds is 9. The molecule has 2 N–H and O–H groups in total. The van der Waals surface area contributed by atoms with Gasteiger partial charge in [-0.05, 0) is 54.3 Å². The monoisotopic (exact) mass is 514 g/mol. The van der Waals surface area contributed by atoms with Gasteiger partial charge < -0.3 is 19.9 Å². The zero-order chi connectivity index (χ0) is 25.8. The van der Waals surface area contributed by atoms with Crippen molar-refractivity contribution in [1.82, 2.24) is 24.7 Å². The van der Waals surface area contributed by atoms with Crippen LogP contribution in [0.25, 0.3) is 16.7 Å². The van der Waals surface area contributed by atoms with Crippen LogP contribution in [0.3, 0.4) is 0 Å². The summed E-state index contributed by atoms with van der Waals surface area (Å²) in [7, 11) is 1.63. The van der Waals surface area contributed by atoms with E-state index in [9.17, 15) is 9.90 Å². The second kappa shape index (κ2) is 10.5. The van der Waals surface area contributed by atoms with Crippen LogP contribution in [0.1, 0.15) is 15.9 Å². The van der Waals surface area contributed by atoms with Gasteiger partial charge in [-0.3, -0.25) is 0 Å². The Hall–Kier alpha value is -4.64. The standard InChI is InChI=1S/C26H22N6O4S/c1-35-17-8-6-16(7-9-17)15-36-18-10-11-21-19(13-18)24(31-32(21)22-5-3-4-12-27-22)29-23-20(25(33)34)14-28-26(30-23)37-2/h3-14H,15H2,1-2H3,(H,33,34)(H,28,29,30,31). The molecule has 0 atom stereocenters. The lowest BCUT2D eigenvalue weighted by Gasteiger charge is -2.09. The van der Waals surface area contributed by atoms with Crippen LogP contribution in [0.4, 0.5) is 11.6 Å². The van der Waals surface area contributed by atoms with Gasteiger partial charge in [0.25, 0.3) is 0 Å². The third-order valence-corrected chi connectivity index (χ3v) is 6.06. The van der Waals surface area contributed by atoms with Gasteiger partial charge in [0.1, 0.15) is 23.7 Å². The van der Waals surface area contributed by atoms with Gasteiger partial charge in [0.2, 0.25) is 0 Å². The first-order chi connectivity index (χ1) is 18.1. The fourth-order valence-corrected chi connectivity index (χ4v) is 3.99. The molecule has 5 rings (SSSR count). The van der Waals surface area contributed by atoms with Gasteiger partial charge in [-0.15, -0.1) is 5.10 Å². The summed E-state index contributed by atoms with van der Waals surface area (Å²) in [5.74, 6) is 1.41. The van der Waals surface area contributed by atoms with Gasteiger partial charge in [-0.25, -0.2) is 24.4 Å². The fourth-order valence-electron chi connectivity index (χ4n) is 3.65. The summed E-state index contributed by atoms with van der Waals surface area (Å²) >= 11 is 1.31. The van der Waals surface area contributed by atoms with E-state index in [1.54, 1.807) is 18.0 Å². The van der Waals surface area contributed by atoms with Crippen molar-refractivity contribution in [3.63, 3.8) is 0 Å². The minimum absolute atomic E-state index is 0.0646. The Morgan fingerprint density at radius 2 is 1.86 bits per heavy atom. The summed E-state index contributed by atoms with van der Waals surface area (Å²) in [6, 6.07) is 18.8. The molecule has 0 spiro atoms. The molecule has 0 amide bonds. The minimum atomic E-state index is -1.15. The number of aromatic nitrogens is 5. The lowest BCUT2D eigenvalue weighted by Crippen LogP contribution is -2.07. The smallest absolute Gasteiger partial charge is 0.341 e. The second-order valence-corrected chi connectivity index (χ2v) is 8.59. The number of pyridine rings is 1. The Morgan fingerprint density at radius 3 is 2.57 bits per heavy atom. The van der Waals surface area contributed by atoms with Crippen molar-refractivity contribution in [1.29, 1.82) is 0 Å². The largest absolute Gasteiger partial charge is 0.497 e. The molecule has 0 saturated carbocycles. The number of hydrogen-bond donors (Lipinski definition) is 2. The van der Waals surface area contributed by atoms with Gasteiger partial charge in [-0.1, -0.05) is 30.0 Å². The summed E-state index contributed by atoms with van der Waals surface area (Å²) in [5.41, 5.74) is 1.68. The number of nitrogens with one attached hydrogen (secondary N) is 1. The van der Waals surface area contributed by atoms with E-state index in [-0.39, 0.29) is 11.4 Å². The molecule has 10 nitrogen and oxygen atoms in total. The highest BCUT2D eigenvalue weighted by Gasteiger charge is 2.19. The van der Waals surface area contributed by atoms with Gasteiger partial charge in [0, 0.05) is 17.8 Å². The third-order valence-electron chi connectivity index (χ3n) is 5.50. The summed E-state index contributed by atoms with van der Waals surface area (Å²) < 4.78 is 12.9. The first-order valence-electron chi connectivity index (χ1n) is 11.2. The first kappa shape index (κ1) is 24.1. The number of methoxy groups -OCH3 is 1. The Morgan fingerprint density at radius 1 is 1.05 bits per heavy atom. The molecule has 0 radical (unpaired) electrons. The second-order valence-electron chi connectivity index (χ2n) is 7.81. The molecule has 0 bridgehead atoms. The molecule has 11 heteroatoms. The van der Waals surface area contributed by atoms with Gasteiger partial charge in [0.05, 0.1) is 12.6 Å². The van der Waals surface area contributed by atoms with E-state index in [0.717, 1.165) is 16.8 Å². The molecule has 3 aromatic heterocycles. The van der Waals surface area contributed by atoms with Crippen LogP contribution in [0.5, 0.6) is 11.5 Å². The zero-order valence-corrected chi connectivity index (χ0v) is 20.8. The lowest BCUT2D eigenvalue weighted by atomic mass is 10.2. The lowest BCUT2D eigenvalue weighted by molar-refractivity contribution is 0.0697. The summed E-state index contributed by atoms with van der Waals surface area (Å²) in [5, 5.41) is 18.6. The number of carboxylic acids is 1. The molecule has 2 aromatic carbocycles. The first-order valence-corrected chi connectivity index (χ1v) is 12.4. The molecular formula is C26H22N6O4S. The van der Waals surface area contributed by atoms with Gasteiger partial charge in [0.15, 0.2) is 22.6 Å². The number of ether oxygens (including phenoxy) is 2. The maximum atomic E-state index is 11.8. The van der Waals surface area contributed by atoms with Gasteiger partial charge >= 0.3 is 5.97 Å². The number of benzene rings is 2. The van der Waals surface area contributed by atoms with Crippen LogP contribution in [-0.2, 0) is 6.61 Å². The maximum absolute atomic E-state index is 11.8. The van der Waals surface area contributed by atoms with Crippen molar-refractivity contribution in [3.8, 4) is 17.3 Å². The molecule has 0 aliphatic rings. The van der Waals surface area contributed by atoms with E-state index >= 15 is 0 Å². The number of aromatic carboxylic acids is 1. The van der Waals surface area contributed by atoms with Crippen molar-refractivity contribution in [2.75, 3.05) is 18.7 Å². The average molecular weight is 515 g/mol. The van der Waals surface area contributed by atoms with E-state index in [4.69, 9.17) is 14.6 Å². The Bertz CT molecular complexity index is 1560. The quantitative estimate of drug-likeness (QED) is 0.206. The highest BCUT2D eigenvalue weighted by Crippen LogP contribution is 2.32. The molecule has 0 aliphatic carbocycles. The van der Waals surface area contributed by atoms with E-state index in [1.807, 2.05) is 66.9 Å². The van der Waals surface area contributed by atoms with E-state index < -0.39 is 5.97 Å². The Balaban J connectivity index is 1.54. The van der Waals surface area contributed by atoms with Crippen LogP contribution < -0.4 is 14.8 Å². The Kier molecular flexibility index (Phi) is 6.86. The molecule has 37 heavy (non-hydrogen) atoms. The number of anilines is 2.